The summed E-state index contributed by atoms with van der Waals surface area (Å²) < 4.78 is 0. The van der Waals surface area contributed by atoms with E-state index in [4.69, 9.17) is 0 Å². The van der Waals surface area contributed by atoms with E-state index in [0.29, 0.717) is 5.76 Å². The maximum Gasteiger partial charge on any atom is 0.118 e. The average molecular weight is 127 g/mol. The first kappa shape index (κ1) is 6.46. The molecular weight excluding hydrogens is 114 g/mol. The maximum atomic E-state index is 9.34. The minimum atomic E-state index is -0.0515. The zero-order chi connectivity index (χ0) is 7.07. The molecule has 0 bridgehead atoms. The Morgan fingerprint density at radius 2 is 2.11 bits per heavy atom. The molecule has 9 heavy (non-hydrogen) atoms. The third-order valence-electron chi connectivity index (χ3n) is 1.79. The Kier molecular flexibility index (Phi) is 1.19. The predicted molar refractivity (Wildman–Crippen MR) is 37.1 cm³/mol. The molecule has 0 fully saturated rings. The lowest BCUT2D eigenvalue weighted by molar-refractivity contribution is 0.278. The van der Waals surface area contributed by atoms with Gasteiger partial charge in [0.25, 0.3) is 0 Å². The van der Waals surface area contributed by atoms with Crippen LogP contribution >= 0.6 is 0 Å². The van der Waals surface area contributed by atoms with E-state index in [2.05, 4.69) is 5.32 Å². The van der Waals surface area contributed by atoms with Crippen LogP contribution in [0.5, 0.6) is 0 Å². The fourth-order valence-electron chi connectivity index (χ4n) is 1.03. The summed E-state index contributed by atoms with van der Waals surface area (Å²) in [5.74, 6) is 0.502. The van der Waals surface area contributed by atoms with Crippen LogP contribution in [0, 0.1) is 5.41 Å². The summed E-state index contributed by atoms with van der Waals surface area (Å²) in [4.78, 5) is 0. The van der Waals surface area contributed by atoms with Crippen molar-refractivity contribution in [1.82, 2.24) is 5.32 Å². The summed E-state index contributed by atoms with van der Waals surface area (Å²) in [6.07, 6.45) is 0. The molecule has 1 rings (SSSR count). The smallest absolute Gasteiger partial charge is 0.118 e. The molecule has 0 saturated heterocycles. The number of rotatable bonds is 0. The third kappa shape index (κ3) is 0.889. The minimum absolute atomic E-state index is 0.0515. The van der Waals surface area contributed by atoms with Gasteiger partial charge in [-0.15, -0.1) is 0 Å². The van der Waals surface area contributed by atoms with Gasteiger partial charge in [-0.2, -0.15) is 0 Å². The fraction of sp³-hybridized carbons (Fsp3) is 0.714. The molecule has 0 aromatic carbocycles. The normalized spacial score (nSPS) is 24.3. The summed E-state index contributed by atoms with van der Waals surface area (Å²) in [5.41, 5.74) is 0.865. The van der Waals surface area contributed by atoms with Gasteiger partial charge >= 0.3 is 0 Å². The second-order valence-corrected chi connectivity index (χ2v) is 3.21. The van der Waals surface area contributed by atoms with E-state index in [0.717, 1.165) is 12.2 Å². The first-order valence-corrected chi connectivity index (χ1v) is 3.18. The molecule has 0 aromatic heterocycles. The lowest BCUT2D eigenvalue weighted by Crippen LogP contribution is -2.19. The van der Waals surface area contributed by atoms with Crippen LogP contribution in [-0.4, -0.2) is 11.7 Å². The number of hydrogen-bond donors (Lipinski definition) is 2. The first-order valence-electron chi connectivity index (χ1n) is 3.18. The molecule has 1 aliphatic rings. The van der Waals surface area contributed by atoms with Gasteiger partial charge in [0.15, 0.2) is 0 Å². The van der Waals surface area contributed by atoms with Crippen molar-refractivity contribution in [2.24, 2.45) is 5.41 Å². The van der Waals surface area contributed by atoms with E-state index < -0.39 is 0 Å². The predicted octanol–water partition coefficient (Wildman–Crippen LogP) is 1.41. The number of aliphatic hydroxyl groups excluding tert-OH is 1. The van der Waals surface area contributed by atoms with E-state index in [1.807, 2.05) is 20.8 Å². The monoisotopic (exact) mass is 127 g/mol. The summed E-state index contributed by atoms with van der Waals surface area (Å²) in [7, 11) is 0. The summed E-state index contributed by atoms with van der Waals surface area (Å²) in [6, 6.07) is 0. The van der Waals surface area contributed by atoms with Gasteiger partial charge in [-0.25, -0.2) is 0 Å². The highest BCUT2D eigenvalue weighted by Crippen LogP contribution is 2.29. The molecule has 0 spiro atoms. The zero-order valence-corrected chi connectivity index (χ0v) is 6.15. The van der Waals surface area contributed by atoms with Crippen LogP contribution in [0.3, 0.4) is 0 Å². The molecule has 0 aliphatic carbocycles. The van der Waals surface area contributed by atoms with Crippen molar-refractivity contribution >= 4 is 0 Å². The molecule has 0 atom stereocenters. The number of nitrogens with one attached hydrogen (secondary N) is 1. The molecule has 0 aromatic rings. The second-order valence-electron chi connectivity index (χ2n) is 3.21. The van der Waals surface area contributed by atoms with Crippen LogP contribution in [0.2, 0.25) is 0 Å². The van der Waals surface area contributed by atoms with Crippen molar-refractivity contribution in [3.8, 4) is 0 Å². The third-order valence-corrected chi connectivity index (χ3v) is 1.79. The van der Waals surface area contributed by atoms with Gasteiger partial charge in [0.05, 0.1) is 0 Å². The Balaban J connectivity index is 2.88. The number of hydrogen-bond acceptors (Lipinski definition) is 2. The van der Waals surface area contributed by atoms with Crippen LogP contribution in [0.4, 0.5) is 0 Å². The van der Waals surface area contributed by atoms with Gasteiger partial charge < -0.3 is 10.4 Å². The molecule has 2 N–H and O–H groups in total. The SMILES string of the molecule is CC1=C(O)C(C)(C)CN1. The molecule has 0 unspecified atom stereocenters. The molecule has 2 nitrogen and oxygen atoms in total. The molecule has 1 aliphatic heterocycles. The van der Waals surface area contributed by atoms with Crippen molar-refractivity contribution < 1.29 is 5.11 Å². The molecule has 2 heteroatoms. The van der Waals surface area contributed by atoms with Gasteiger partial charge in [-0.3, -0.25) is 0 Å². The Bertz CT molecular complexity index is 158. The number of allylic oxidation sites excluding steroid dienone is 1. The Hall–Kier alpha value is -0.660. The zero-order valence-electron chi connectivity index (χ0n) is 6.15. The van der Waals surface area contributed by atoms with Crippen molar-refractivity contribution in [2.75, 3.05) is 6.54 Å². The molecule has 1 heterocycles. The van der Waals surface area contributed by atoms with Gasteiger partial charge in [0.2, 0.25) is 0 Å². The van der Waals surface area contributed by atoms with Crippen molar-refractivity contribution in [2.45, 2.75) is 20.8 Å². The largest absolute Gasteiger partial charge is 0.510 e. The van der Waals surface area contributed by atoms with E-state index in [1.165, 1.54) is 0 Å². The van der Waals surface area contributed by atoms with Crippen LogP contribution in [-0.2, 0) is 0 Å². The minimum Gasteiger partial charge on any atom is -0.510 e. The topological polar surface area (TPSA) is 32.3 Å². The number of aliphatic hydroxyl groups is 1. The highest BCUT2D eigenvalue weighted by Gasteiger charge is 2.30. The van der Waals surface area contributed by atoms with E-state index in [-0.39, 0.29) is 5.41 Å². The highest BCUT2D eigenvalue weighted by atomic mass is 16.3. The van der Waals surface area contributed by atoms with Crippen LogP contribution in [0.25, 0.3) is 0 Å². The standard InChI is InChI=1S/C7H13NO/c1-5-6(9)7(2,3)4-8-5/h8-9H,4H2,1-3H3. The lowest BCUT2D eigenvalue weighted by Gasteiger charge is -2.15. The average Bonchev–Trinajstić information content (AvgIpc) is 1.97. The van der Waals surface area contributed by atoms with Gasteiger partial charge in [0.1, 0.15) is 5.76 Å². The van der Waals surface area contributed by atoms with Gasteiger partial charge in [-0.1, -0.05) is 13.8 Å². The van der Waals surface area contributed by atoms with Gasteiger partial charge in [0, 0.05) is 17.7 Å². The molecule has 0 saturated carbocycles. The van der Waals surface area contributed by atoms with Gasteiger partial charge in [-0.05, 0) is 6.92 Å². The Morgan fingerprint density at radius 1 is 1.56 bits per heavy atom. The molecule has 52 valence electrons. The van der Waals surface area contributed by atoms with E-state index >= 15 is 0 Å². The van der Waals surface area contributed by atoms with E-state index in [1.54, 1.807) is 0 Å². The Labute approximate surface area is 55.6 Å². The molecule has 0 amide bonds. The summed E-state index contributed by atoms with van der Waals surface area (Å²) >= 11 is 0. The maximum absolute atomic E-state index is 9.34. The summed E-state index contributed by atoms with van der Waals surface area (Å²) in [5, 5.41) is 12.4. The quantitative estimate of drug-likeness (QED) is 0.515. The fourth-order valence-corrected chi connectivity index (χ4v) is 1.03. The van der Waals surface area contributed by atoms with Crippen LogP contribution in [0.15, 0.2) is 11.5 Å². The van der Waals surface area contributed by atoms with Crippen molar-refractivity contribution in [1.29, 1.82) is 0 Å². The van der Waals surface area contributed by atoms with Crippen molar-refractivity contribution in [3.05, 3.63) is 11.5 Å². The lowest BCUT2D eigenvalue weighted by atomic mass is 9.93. The van der Waals surface area contributed by atoms with Crippen LogP contribution < -0.4 is 5.32 Å². The van der Waals surface area contributed by atoms with Crippen molar-refractivity contribution in [3.63, 3.8) is 0 Å². The Morgan fingerprint density at radius 3 is 2.22 bits per heavy atom. The van der Waals surface area contributed by atoms with Crippen LogP contribution in [0.1, 0.15) is 20.8 Å². The summed E-state index contributed by atoms with van der Waals surface area (Å²) in [6.45, 7) is 6.78. The molecule has 0 radical (unpaired) electrons. The highest BCUT2D eigenvalue weighted by molar-refractivity contribution is 5.17. The first-order chi connectivity index (χ1) is 4.04. The molecular formula is C7H13NO. The second kappa shape index (κ2) is 1.66. The van der Waals surface area contributed by atoms with E-state index in [9.17, 15) is 5.11 Å².